The monoisotopic (exact) mass is 360 g/mol. The lowest BCUT2D eigenvalue weighted by atomic mass is 9.77. The van der Waals surface area contributed by atoms with Crippen LogP contribution in [0.25, 0.3) is 0 Å². The van der Waals surface area contributed by atoms with Gasteiger partial charge in [0.1, 0.15) is 5.82 Å². The number of piperidine rings is 1. The number of benzene rings is 1. The molecule has 2 aliphatic carbocycles. The molecule has 0 amide bonds. The van der Waals surface area contributed by atoms with Crippen LogP contribution in [-0.2, 0) is 18.4 Å². The van der Waals surface area contributed by atoms with Crippen molar-refractivity contribution in [1.29, 1.82) is 5.26 Å². The summed E-state index contributed by atoms with van der Waals surface area (Å²) in [5.41, 5.74) is 4.03. The van der Waals surface area contributed by atoms with Crippen LogP contribution in [0, 0.1) is 11.3 Å². The minimum atomic E-state index is 0.0261. The average Bonchev–Trinajstić information content (AvgIpc) is 3.47. The lowest BCUT2D eigenvalue weighted by molar-refractivity contribution is 0.136. The molecule has 3 aliphatic rings. The number of fused-ring (bicyclic) bond motifs is 2. The standard InChI is InChI=1S/C22H24N4O/c23-12-15-3-1-4-16(11-15)13-26-10-2-8-22(14-26)9-7-18-19(22)24-20(17-5-6-17)25-21(18)27/h1,3-4,11,17H,2,5-10,13-14H2,(H,24,25,27). The Kier molecular flexibility index (Phi) is 3.91. The number of rotatable bonds is 3. The van der Waals surface area contributed by atoms with Crippen LogP contribution < -0.4 is 5.56 Å². The molecule has 5 nitrogen and oxygen atoms in total. The summed E-state index contributed by atoms with van der Waals surface area (Å²) in [7, 11) is 0. The third kappa shape index (κ3) is 2.98. The first-order valence-electron chi connectivity index (χ1n) is 10.0. The minimum absolute atomic E-state index is 0.0261. The maximum Gasteiger partial charge on any atom is 0.254 e. The van der Waals surface area contributed by atoms with E-state index in [0.29, 0.717) is 11.5 Å². The van der Waals surface area contributed by atoms with Crippen molar-refractivity contribution in [1.82, 2.24) is 14.9 Å². The van der Waals surface area contributed by atoms with Gasteiger partial charge < -0.3 is 4.98 Å². The predicted molar refractivity (Wildman–Crippen MR) is 102 cm³/mol. The Morgan fingerprint density at radius 2 is 2.22 bits per heavy atom. The lowest BCUT2D eigenvalue weighted by Crippen LogP contribution is -2.45. The summed E-state index contributed by atoms with van der Waals surface area (Å²) >= 11 is 0. The molecule has 2 heterocycles. The van der Waals surface area contributed by atoms with Crippen LogP contribution in [0.2, 0.25) is 0 Å². The van der Waals surface area contributed by atoms with Crippen LogP contribution in [0.1, 0.15) is 66.2 Å². The topological polar surface area (TPSA) is 72.8 Å². The van der Waals surface area contributed by atoms with Gasteiger partial charge in [0, 0.05) is 30.0 Å². The van der Waals surface area contributed by atoms with Crippen LogP contribution in [0.15, 0.2) is 29.1 Å². The van der Waals surface area contributed by atoms with E-state index in [1.54, 1.807) is 0 Å². The van der Waals surface area contributed by atoms with E-state index < -0.39 is 0 Å². The molecule has 1 N–H and O–H groups in total. The summed E-state index contributed by atoms with van der Waals surface area (Å²) in [6, 6.07) is 10.1. The molecule has 1 saturated carbocycles. The molecule has 1 saturated heterocycles. The van der Waals surface area contributed by atoms with E-state index in [4.69, 9.17) is 10.2 Å². The van der Waals surface area contributed by atoms with Crippen molar-refractivity contribution in [3.8, 4) is 6.07 Å². The molecule has 1 aromatic heterocycles. The molecule has 0 bridgehead atoms. The van der Waals surface area contributed by atoms with Gasteiger partial charge in [0.25, 0.3) is 5.56 Å². The highest BCUT2D eigenvalue weighted by Gasteiger charge is 2.45. The number of aromatic amines is 1. The first-order valence-corrected chi connectivity index (χ1v) is 10.0. The van der Waals surface area contributed by atoms with Crippen molar-refractivity contribution in [3.05, 3.63) is 62.8 Å². The number of hydrogen-bond donors (Lipinski definition) is 1. The summed E-state index contributed by atoms with van der Waals surface area (Å²) in [6.45, 7) is 2.87. The third-order valence-electron chi connectivity index (χ3n) is 6.47. The zero-order valence-corrected chi connectivity index (χ0v) is 15.5. The SMILES string of the molecule is N#Cc1cccc(CN2CCCC3(CCc4c3nc(C3CC3)[nH]c4=O)C2)c1. The normalized spacial score (nSPS) is 24.7. The zero-order valence-electron chi connectivity index (χ0n) is 15.5. The zero-order chi connectivity index (χ0) is 18.4. The number of nitriles is 1. The summed E-state index contributed by atoms with van der Waals surface area (Å²) in [6.07, 6.45) is 6.42. The second-order valence-corrected chi connectivity index (χ2v) is 8.46. The van der Waals surface area contributed by atoms with Gasteiger partial charge in [0.05, 0.1) is 17.3 Å². The first-order chi connectivity index (χ1) is 13.2. The van der Waals surface area contributed by atoms with Gasteiger partial charge in [0.2, 0.25) is 0 Å². The summed E-state index contributed by atoms with van der Waals surface area (Å²) in [5.74, 6) is 1.38. The van der Waals surface area contributed by atoms with Crippen LogP contribution in [0.3, 0.4) is 0 Å². The Morgan fingerprint density at radius 3 is 3.04 bits per heavy atom. The molecule has 27 heavy (non-hydrogen) atoms. The third-order valence-corrected chi connectivity index (χ3v) is 6.47. The van der Waals surface area contributed by atoms with Crippen molar-refractivity contribution < 1.29 is 0 Å². The lowest BCUT2D eigenvalue weighted by Gasteiger charge is -2.40. The van der Waals surface area contributed by atoms with Crippen molar-refractivity contribution in [3.63, 3.8) is 0 Å². The van der Waals surface area contributed by atoms with Crippen LogP contribution >= 0.6 is 0 Å². The smallest absolute Gasteiger partial charge is 0.254 e. The number of hydrogen-bond acceptors (Lipinski definition) is 4. The molecule has 1 atom stereocenters. The quantitative estimate of drug-likeness (QED) is 0.913. The molecule has 1 aliphatic heterocycles. The molecule has 1 aromatic carbocycles. The molecular formula is C22H24N4O. The van der Waals surface area contributed by atoms with E-state index >= 15 is 0 Å². The largest absolute Gasteiger partial charge is 0.310 e. The van der Waals surface area contributed by atoms with E-state index in [9.17, 15) is 4.79 Å². The molecule has 0 radical (unpaired) electrons. The first kappa shape index (κ1) is 16.7. The van der Waals surface area contributed by atoms with Gasteiger partial charge in [-0.1, -0.05) is 12.1 Å². The maximum absolute atomic E-state index is 12.6. The summed E-state index contributed by atoms with van der Waals surface area (Å²) < 4.78 is 0. The van der Waals surface area contributed by atoms with Gasteiger partial charge in [0.15, 0.2) is 0 Å². The fraction of sp³-hybridized carbons (Fsp3) is 0.500. The van der Waals surface area contributed by atoms with Crippen molar-refractivity contribution in [2.75, 3.05) is 13.1 Å². The number of aromatic nitrogens is 2. The highest BCUT2D eigenvalue weighted by Crippen LogP contribution is 2.45. The Labute approximate surface area is 159 Å². The van der Waals surface area contributed by atoms with E-state index in [-0.39, 0.29) is 11.0 Å². The number of nitrogens with one attached hydrogen (secondary N) is 1. The second kappa shape index (κ2) is 6.31. The van der Waals surface area contributed by atoms with Gasteiger partial charge in [-0.15, -0.1) is 0 Å². The van der Waals surface area contributed by atoms with E-state index in [1.807, 2.05) is 18.2 Å². The number of nitrogens with zero attached hydrogens (tertiary/aromatic N) is 3. The van der Waals surface area contributed by atoms with Gasteiger partial charge in [-0.25, -0.2) is 4.98 Å². The highest BCUT2D eigenvalue weighted by molar-refractivity contribution is 5.35. The van der Waals surface area contributed by atoms with Gasteiger partial charge in [-0.3, -0.25) is 9.69 Å². The molecule has 2 fully saturated rings. The van der Waals surface area contributed by atoms with Gasteiger partial charge in [-0.05, 0) is 62.8 Å². The fourth-order valence-electron chi connectivity index (χ4n) is 4.98. The average molecular weight is 360 g/mol. The molecular weight excluding hydrogens is 336 g/mol. The Hall–Kier alpha value is -2.45. The van der Waals surface area contributed by atoms with E-state index in [1.165, 1.54) is 5.56 Å². The van der Waals surface area contributed by atoms with Crippen LogP contribution in [-0.4, -0.2) is 28.0 Å². The van der Waals surface area contributed by atoms with Crippen LogP contribution in [0.4, 0.5) is 0 Å². The predicted octanol–water partition coefficient (Wildman–Crippen LogP) is 3.00. The molecule has 1 spiro atoms. The van der Waals surface area contributed by atoms with Gasteiger partial charge >= 0.3 is 0 Å². The summed E-state index contributed by atoms with van der Waals surface area (Å²) in [5, 5.41) is 9.14. The Bertz CT molecular complexity index is 985. The fourth-order valence-corrected chi connectivity index (χ4v) is 4.98. The molecule has 5 rings (SSSR count). The molecule has 138 valence electrons. The maximum atomic E-state index is 12.6. The minimum Gasteiger partial charge on any atom is -0.310 e. The van der Waals surface area contributed by atoms with Crippen molar-refractivity contribution in [2.24, 2.45) is 0 Å². The van der Waals surface area contributed by atoms with Crippen LogP contribution in [0.5, 0.6) is 0 Å². The highest BCUT2D eigenvalue weighted by atomic mass is 16.1. The molecule has 5 heteroatoms. The Balaban J connectivity index is 1.43. The summed E-state index contributed by atoms with van der Waals surface area (Å²) in [4.78, 5) is 23.1. The van der Waals surface area contributed by atoms with Crippen molar-refractivity contribution >= 4 is 0 Å². The number of likely N-dealkylation sites (tertiary alicyclic amines) is 1. The van der Waals surface area contributed by atoms with Crippen molar-refractivity contribution in [2.45, 2.75) is 56.4 Å². The molecule has 1 unspecified atom stereocenters. The second-order valence-electron chi connectivity index (χ2n) is 8.46. The van der Waals surface area contributed by atoms with Gasteiger partial charge in [-0.2, -0.15) is 5.26 Å². The van der Waals surface area contributed by atoms with E-state index in [2.05, 4.69) is 22.0 Å². The number of H-pyrrole nitrogens is 1. The van der Waals surface area contributed by atoms with E-state index in [0.717, 1.165) is 75.2 Å². The molecule has 2 aromatic rings. The Morgan fingerprint density at radius 1 is 1.33 bits per heavy atom.